The van der Waals surface area contributed by atoms with Crippen molar-refractivity contribution in [1.29, 1.82) is 0 Å². The van der Waals surface area contributed by atoms with Crippen LogP contribution in [-0.4, -0.2) is 17.0 Å². The molecule has 4 rings (SSSR count). The van der Waals surface area contributed by atoms with Crippen LogP contribution in [0.3, 0.4) is 0 Å². The maximum atomic E-state index is 2.51. The predicted molar refractivity (Wildman–Crippen MR) is 139 cm³/mol. The van der Waals surface area contributed by atoms with Gasteiger partial charge in [-0.05, 0) is 67.3 Å². The van der Waals surface area contributed by atoms with Gasteiger partial charge in [0, 0.05) is 0 Å². The second-order valence-electron chi connectivity index (χ2n) is 10.2. The van der Waals surface area contributed by atoms with E-state index in [0.717, 1.165) is 17.5 Å². The van der Waals surface area contributed by atoms with Gasteiger partial charge in [-0.25, -0.2) is 0 Å². The third-order valence-electron chi connectivity index (χ3n) is 8.01. The van der Waals surface area contributed by atoms with Gasteiger partial charge in [0.05, 0.1) is 0 Å². The van der Waals surface area contributed by atoms with Crippen molar-refractivity contribution in [1.82, 2.24) is 0 Å². The van der Waals surface area contributed by atoms with E-state index in [2.05, 4.69) is 13.8 Å². The molecule has 0 saturated heterocycles. The van der Waals surface area contributed by atoms with Crippen LogP contribution >= 0.6 is 7.92 Å². The molecule has 4 saturated carbocycles. The molecule has 0 N–H and O–H groups in total. The Morgan fingerprint density at radius 2 is 0.900 bits per heavy atom. The van der Waals surface area contributed by atoms with Gasteiger partial charge in [-0.3, -0.25) is 0 Å². The van der Waals surface area contributed by atoms with E-state index >= 15 is 0 Å². The van der Waals surface area contributed by atoms with E-state index in [0.29, 0.717) is 7.92 Å². The molecule has 2 unspecified atom stereocenters. The fourth-order valence-electron chi connectivity index (χ4n) is 6.60. The van der Waals surface area contributed by atoms with Gasteiger partial charge < -0.3 is 14.9 Å². The first kappa shape index (κ1) is 33.1. The summed E-state index contributed by atoms with van der Waals surface area (Å²) in [5.41, 5.74) is 3.49. The molecule has 0 aromatic rings. The maximum Gasteiger partial charge on any atom is 2.00 e. The van der Waals surface area contributed by atoms with Crippen molar-refractivity contribution in [2.75, 3.05) is 0 Å². The average Bonchev–Trinajstić information content (AvgIpc) is 3.39. The van der Waals surface area contributed by atoms with Gasteiger partial charge in [0.1, 0.15) is 0 Å². The molecule has 2 heteroatoms. The molecule has 0 aromatic heterocycles. The number of rotatable bonds is 4. The van der Waals surface area contributed by atoms with E-state index in [1.807, 2.05) is 0 Å². The second-order valence-corrected chi connectivity index (χ2v) is 13.2. The fraction of sp³-hybridized carbons (Fsp3) is 0.929. The molecular weight excluding hydrogens is 423 g/mol. The molecule has 0 heterocycles. The molecule has 4 aliphatic carbocycles. The third-order valence-corrected chi connectivity index (χ3v) is 12.1. The smallest absolute Gasteiger partial charge is 0.358 e. The number of hydrogen-bond acceptors (Lipinski definition) is 0. The average molecular weight is 481 g/mol. The topological polar surface area (TPSA) is 0 Å². The van der Waals surface area contributed by atoms with E-state index in [1.54, 1.807) is 70.6 Å². The van der Waals surface area contributed by atoms with Crippen molar-refractivity contribution in [3.05, 3.63) is 14.9 Å². The minimum atomic E-state index is 0. The molecule has 2 atom stereocenters. The van der Waals surface area contributed by atoms with Crippen LogP contribution in [0.2, 0.25) is 0 Å². The van der Waals surface area contributed by atoms with E-state index in [4.69, 9.17) is 0 Å². The molecular formula is C28H57FeP. The van der Waals surface area contributed by atoms with Gasteiger partial charge in [-0.1, -0.05) is 106 Å². The predicted octanol–water partition coefficient (Wildman–Crippen LogP) is 10.4. The molecule has 4 aliphatic rings. The first-order valence-electron chi connectivity index (χ1n) is 12.5. The van der Waals surface area contributed by atoms with Crippen LogP contribution in [0.1, 0.15) is 137 Å². The quantitative estimate of drug-likeness (QED) is 0.213. The van der Waals surface area contributed by atoms with Crippen LogP contribution in [0, 0.1) is 26.7 Å². The van der Waals surface area contributed by atoms with Crippen LogP contribution in [0.25, 0.3) is 0 Å². The number of hydrogen-bond donors (Lipinski definition) is 0. The van der Waals surface area contributed by atoms with Crippen molar-refractivity contribution >= 4 is 7.92 Å². The summed E-state index contributed by atoms with van der Waals surface area (Å²) in [4.78, 5) is 0. The van der Waals surface area contributed by atoms with E-state index in [9.17, 15) is 0 Å². The van der Waals surface area contributed by atoms with Crippen molar-refractivity contribution < 1.29 is 17.1 Å². The Morgan fingerprint density at radius 3 is 1.27 bits per heavy atom. The van der Waals surface area contributed by atoms with Gasteiger partial charge >= 0.3 is 17.1 Å². The standard InChI is InChI=1S/C20H37P.C5H10.CH4.2CH3.Fe/c1-16(2)19-14-9-15-20(19)21(17-10-5-3-6-11-17)18-12-7-4-8-13-18;1-2-4-5-3-1;;;;/h16-20H,3-15H2,1-2H3;1-5H2;1H4;2*1H3;/q;;;2*-1;+2. The van der Waals surface area contributed by atoms with E-state index in [1.165, 1.54) is 56.3 Å². The summed E-state index contributed by atoms with van der Waals surface area (Å²) in [6.07, 6.45) is 27.9. The summed E-state index contributed by atoms with van der Waals surface area (Å²) in [6.45, 7) is 5.02. The first-order valence-corrected chi connectivity index (χ1v) is 14.1. The zero-order chi connectivity index (χ0) is 18.2. The molecule has 4 fully saturated rings. The van der Waals surface area contributed by atoms with E-state index in [-0.39, 0.29) is 39.3 Å². The van der Waals surface area contributed by atoms with Gasteiger partial charge in [0.25, 0.3) is 0 Å². The normalized spacial score (nSPS) is 27.2. The Morgan fingerprint density at radius 1 is 0.533 bits per heavy atom. The SMILES string of the molecule is C.C1CCCC1.CC(C)C1CCCC1P(C1CCCCC1)C1CCCCC1.[CH3-].[CH3-].[Fe+2]. The van der Waals surface area contributed by atoms with Crippen molar-refractivity contribution in [3.8, 4) is 0 Å². The maximum absolute atomic E-state index is 2.51. The summed E-state index contributed by atoms with van der Waals surface area (Å²) in [6, 6.07) is 0. The van der Waals surface area contributed by atoms with Gasteiger partial charge in [-0.2, -0.15) is 0 Å². The van der Waals surface area contributed by atoms with Gasteiger partial charge in [0.15, 0.2) is 0 Å². The Labute approximate surface area is 205 Å². The Bertz CT molecular complexity index is 341. The van der Waals surface area contributed by atoms with Crippen molar-refractivity contribution in [3.63, 3.8) is 0 Å². The Kier molecular flexibility index (Phi) is 20.3. The third kappa shape index (κ3) is 9.84. The molecule has 30 heavy (non-hydrogen) atoms. The van der Waals surface area contributed by atoms with E-state index < -0.39 is 0 Å². The monoisotopic (exact) mass is 480 g/mol. The summed E-state index contributed by atoms with van der Waals surface area (Å²) in [5, 5.41) is 0. The molecule has 0 aliphatic heterocycles. The molecule has 0 radical (unpaired) electrons. The molecule has 0 bridgehead atoms. The summed E-state index contributed by atoms with van der Waals surface area (Å²) < 4.78 is 0. The zero-order valence-corrected chi connectivity index (χ0v) is 22.4. The largest absolute Gasteiger partial charge is 2.00 e. The van der Waals surface area contributed by atoms with Gasteiger partial charge in [0.2, 0.25) is 0 Å². The van der Waals surface area contributed by atoms with Crippen LogP contribution in [0.4, 0.5) is 0 Å². The molecule has 0 amide bonds. The van der Waals surface area contributed by atoms with Crippen molar-refractivity contribution in [2.24, 2.45) is 11.8 Å². The van der Waals surface area contributed by atoms with Crippen LogP contribution in [0.5, 0.6) is 0 Å². The van der Waals surface area contributed by atoms with Crippen LogP contribution in [-0.2, 0) is 17.1 Å². The molecule has 0 nitrogen and oxygen atoms in total. The summed E-state index contributed by atoms with van der Waals surface area (Å²) in [5.74, 6) is 2.02. The molecule has 182 valence electrons. The summed E-state index contributed by atoms with van der Waals surface area (Å²) >= 11 is 0. The fourth-order valence-corrected chi connectivity index (χ4v) is 11.6. The van der Waals surface area contributed by atoms with Crippen LogP contribution < -0.4 is 0 Å². The van der Waals surface area contributed by atoms with Gasteiger partial charge in [-0.15, -0.1) is 0 Å². The van der Waals surface area contributed by atoms with Crippen LogP contribution in [0.15, 0.2) is 0 Å². The zero-order valence-electron chi connectivity index (χ0n) is 20.4. The first-order chi connectivity index (χ1) is 12.8. The second kappa shape index (κ2) is 18.4. The minimum absolute atomic E-state index is 0. The van der Waals surface area contributed by atoms with Crippen molar-refractivity contribution in [2.45, 2.75) is 154 Å². The Hall–Kier alpha value is 0.949. The molecule has 0 aromatic carbocycles. The molecule has 0 spiro atoms. The minimum Gasteiger partial charge on any atom is -0.358 e. The Balaban J connectivity index is 0. The summed E-state index contributed by atoms with van der Waals surface area (Å²) in [7, 11) is 0.330.